The molecule has 1 N–H and O–H groups in total. The van der Waals surface area contributed by atoms with E-state index in [1.807, 2.05) is 30.3 Å². The van der Waals surface area contributed by atoms with Crippen LogP contribution in [0.3, 0.4) is 0 Å². The molecule has 0 radical (unpaired) electrons. The number of benzene rings is 2. The Kier molecular flexibility index (Phi) is 8.98. The number of methoxy groups -OCH3 is 2. The SMILES string of the molecule is COc1ccc(C=Cc2c(Cl)cncc2Cl)c(OCC(=O)NCCc2ccccc2)c1OC. The van der Waals surface area contributed by atoms with Crippen molar-refractivity contribution in [2.24, 2.45) is 0 Å². The molecule has 172 valence electrons. The van der Waals surface area contributed by atoms with Crippen LogP contribution in [0.5, 0.6) is 17.2 Å². The van der Waals surface area contributed by atoms with Crippen molar-refractivity contribution in [3.8, 4) is 17.2 Å². The summed E-state index contributed by atoms with van der Waals surface area (Å²) in [6.45, 7) is 0.323. The zero-order valence-corrected chi connectivity index (χ0v) is 19.8. The molecule has 1 aromatic heterocycles. The number of pyridine rings is 1. The summed E-state index contributed by atoms with van der Waals surface area (Å²) in [5.74, 6) is 0.983. The summed E-state index contributed by atoms with van der Waals surface area (Å²) in [4.78, 5) is 16.3. The van der Waals surface area contributed by atoms with Gasteiger partial charge in [0.2, 0.25) is 5.75 Å². The van der Waals surface area contributed by atoms with Gasteiger partial charge in [-0.3, -0.25) is 9.78 Å². The first-order valence-electron chi connectivity index (χ1n) is 10.2. The van der Waals surface area contributed by atoms with Gasteiger partial charge in [-0.25, -0.2) is 0 Å². The molecule has 0 spiro atoms. The molecular weight excluding hydrogens is 463 g/mol. The molecule has 0 unspecified atom stereocenters. The molecule has 0 saturated carbocycles. The summed E-state index contributed by atoms with van der Waals surface area (Å²) >= 11 is 12.4. The summed E-state index contributed by atoms with van der Waals surface area (Å²) in [6.07, 6.45) is 7.28. The van der Waals surface area contributed by atoms with Crippen LogP contribution < -0.4 is 19.5 Å². The van der Waals surface area contributed by atoms with Crippen LogP contribution in [0, 0.1) is 0 Å². The van der Waals surface area contributed by atoms with Crippen molar-refractivity contribution in [2.45, 2.75) is 6.42 Å². The van der Waals surface area contributed by atoms with Gasteiger partial charge in [-0.2, -0.15) is 0 Å². The molecule has 33 heavy (non-hydrogen) atoms. The van der Waals surface area contributed by atoms with Gasteiger partial charge in [0.05, 0.1) is 24.3 Å². The summed E-state index contributed by atoms with van der Waals surface area (Å²) in [7, 11) is 3.04. The molecule has 3 aromatic rings. The molecule has 0 saturated heterocycles. The number of amides is 1. The fourth-order valence-corrected chi connectivity index (χ4v) is 3.62. The first kappa shape index (κ1) is 24.4. The highest BCUT2D eigenvalue weighted by Gasteiger charge is 2.17. The largest absolute Gasteiger partial charge is 0.493 e. The third-order valence-electron chi connectivity index (χ3n) is 4.78. The summed E-state index contributed by atoms with van der Waals surface area (Å²) in [5.41, 5.74) is 2.43. The monoisotopic (exact) mass is 486 g/mol. The van der Waals surface area contributed by atoms with Crippen LogP contribution >= 0.6 is 23.2 Å². The number of nitrogens with zero attached hydrogens (tertiary/aromatic N) is 1. The molecule has 0 aliphatic rings. The number of carbonyl (C=O) groups excluding carboxylic acids is 1. The Morgan fingerprint density at radius 3 is 2.36 bits per heavy atom. The second-order valence-electron chi connectivity index (χ2n) is 6.94. The Labute approximate surface area is 203 Å². The molecule has 2 aromatic carbocycles. The van der Waals surface area contributed by atoms with Crippen LogP contribution in [0.15, 0.2) is 54.9 Å². The minimum Gasteiger partial charge on any atom is -0.493 e. The minimum atomic E-state index is -0.244. The predicted molar refractivity (Wildman–Crippen MR) is 131 cm³/mol. The molecule has 1 amide bonds. The first-order valence-corrected chi connectivity index (χ1v) is 10.9. The molecule has 3 rings (SSSR count). The van der Waals surface area contributed by atoms with E-state index in [0.717, 1.165) is 12.0 Å². The lowest BCUT2D eigenvalue weighted by Gasteiger charge is -2.16. The van der Waals surface area contributed by atoms with Crippen LogP contribution in [0.4, 0.5) is 0 Å². The Balaban J connectivity index is 1.75. The van der Waals surface area contributed by atoms with Gasteiger partial charge >= 0.3 is 0 Å². The quantitative estimate of drug-likeness (QED) is 0.420. The zero-order chi connectivity index (χ0) is 23.6. The average molecular weight is 487 g/mol. The van der Waals surface area contributed by atoms with Crippen molar-refractivity contribution in [1.82, 2.24) is 10.3 Å². The number of nitrogens with one attached hydrogen (secondary N) is 1. The lowest BCUT2D eigenvalue weighted by molar-refractivity contribution is -0.123. The standard InChI is InChI=1S/C25H24Cl2N2O4/c1-31-22-11-9-18(8-10-19-20(26)14-28-15-21(19)27)24(25(22)32-2)33-16-23(30)29-13-12-17-6-4-3-5-7-17/h3-11,14-15H,12-13,16H2,1-2H3,(H,29,30). The molecule has 1 heterocycles. The predicted octanol–water partition coefficient (Wildman–Crippen LogP) is 5.31. The summed E-state index contributed by atoms with van der Waals surface area (Å²) in [5, 5.41) is 3.70. The van der Waals surface area contributed by atoms with Crippen LogP contribution in [-0.4, -0.2) is 38.3 Å². The van der Waals surface area contributed by atoms with Gasteiger partial charge in [0.15, 0.2) is 18.1 Å². The van der Waals surface area contributed by atoms with Crippen molar-refractivity contribution in [2.75, 3.05) is 27.4 Å². The fraction of sp³-hybridized carbons (Fsp3) is 0.200. The molecule has 0 atom stereocenters. The normalized spacial score (nSPS) is 10.8. The second kappa shape index (κ2) is 12.1. The molecule has 6 nitrogen and oxygen atoms in total. The van der Waals surface area contributed by atoms with E-state index in [-0.39, 0.29) is 12.5 Å². The number of rotatable bonds is 10. The Morgan fingerprint density at radius 1 is 0.970 bits per heavy atom. The molecule has 8 heteroatoms. The van der Waals surface area contributed by atoms with Gasteiger partial charge in [-0.15, -0.1) is 0 Å². The maximum absolute atomic E-state index is 12.4. The van der Waals surface area contributed by atoms with Crippen molar-refractivity contribution in [3.63, 3.8) is 0 Å². The highest BCUT2D eigenvalue weighted by Crippen LogP contribution is 2.41. The van der Waals surface area contributed by atoms with E-state index in [0.29, 0.717) is 45.0 Å². The third-order valence-corrected chi connectivity index (χ3v) is 5.38. The highest BCUT2D eigenvalue weighted by molar-refractivity contribution is 6.37. The number of hydrogen-bond acceptors (Lipinski definition) is 5. The van der Waals surface area contributed by atoms with Gasteiger partial charge in [0, 0.05) is 30.1 Å². The number of aromatic nitrogens is 1. The first-order chi connectivity index (χ1) is 16.0. The number of halogens is 2. The van der Waals surface area contributed by atoms with Crippen LogP contribution in [0.25, 0.3) is 12.2 Å². The van der Waals surface area contributed by atoms with E-state index in [1.165, 1.54) is 26.6 Å². The molecule has 0 bridgehead atoms. The Morgan fingerprint density at radius 2 is 1.70 bits per heavy atom. The molecule has 0 aliphatic heterocycles. The van der Waals surface area contributed by atoms with Gasteiger partial charge in [-0.1, -0.05) is 65.7 Å². The maximum Gasteiger partial charge on any atom is 0.257 e. The highest BCUT2D eigenvalue weighted by atomic mass is 35.5. The maximum atomic E-state index is 12.4. The van der Waals surface area contributed by atoms with Crippen molar-refractivity contribution >= 4 is 41.3 Å². The number of hydrogen-bond donors (Lipinski definition) is 1. The van der Waals surface area contributed by atoms with Crippen molar-refractivity contribution in [1.29, 1.82) is 0 Å². The van der Waals surface area contributed by atoms with Gasteiger partial charge < -0.3 is 19.5 Å². The summed E-state index contributed by atoms with van der Waals surface area (Å²) in [6, 6.07) is 13.5. The topological polar surface area (TPSA) is 69.7 Å². The fourth-order valence-electron chi connectivity index (χ4n) is 3.13. The third kappa shape index (κ3) is 6.63. The van der Waals surface area contributed by atoms with E-state index in [4.69, 9.17) is 37.4 Å². The Hall–Kier alpha value is -3.22. The zero-order valence-electron chi connectivity index (χ0n) is 18.3. The van der Waals surface area contributed by atoms with Gasteiger partial charge in [0.1, 0.15) is 0 Å². The molecular formula is C25H24Cl2N2O4. The van der Waals surface area contributed by atoms with Crippen LogP contribution in [0.2, 0.25) is 10.0 Å². The lowest BCUT2D eigenvalue weighted by Crippen LogP contribution is -2.30. The number of ether oxygens (including phenoxy) is 3. The van der Waals surface area contributed by atoms with E-state index in [2.05, 4.69) is 10.3 Å². The van der Waals surface area contributed by atoms with Crippen molar-refractivity contribution in [3.05, 3.63) is 81.6 Å². The minimum absolute atomic E-state index is 0.185. The number of carbonyl (C=O) groups is 1. The van der Waals surface area contributed by atoms with Crippen molar-refractivity contribution < 1.29 is 19.0 Å². The molecule has 0 aliphatic carbocycles. The smallest absolute Gasteiger partial charge is 0.257 e. The Bertz CT molecular complexity index is 1100. The van der Waals surface area contributed by atoms with Crippen LogP contribution in [0.1, 0.15) is 16.7 Å². The lowest BCUT2D eigenvalue weighted by atomic mass is 10.1. The van der Waals surface area contributed by atoms with E-state index in [9.17, 15) is 4.79 Å². The van der Waals surface area contributed by atoms with E-state index < -0.39 is 0 Å². The second-order valence-corrected chi connectivity index (χ2v) is 7.76. The summed E-state index contributed by atoms with van der Waals surface area (Å²) < 4.78 is 16.7. The van der Waals surface area contributed by atoms with E-state index >= 15 is 0 Å². The average Bonchev–Trinajstić information content (AvgIpc) is 2.83. The van der Waals surface area contributed by atoms with E-state index in [1.54, 1.807) is 24.3 Å². The molecule has 0 fully saturated rings. The van der Waals surface area contributed by atoms with Crippen LogP contribution in [-0.2, 0) is 11.2 Å². The van der Waals surface area contributed by atoms with Gasteiger partial charge in [0.25, 0.3) is 5.91 Å². The van der Waals surface area contributed by atoms with Gasteiger partial charge in [-0.05, 0) is 24.1 Å².